The maximum absolute atomic E-state index is 5.70. The Morgan fingerprint density at radius 3 is 1.78 bits per heavy atom. The topological polar surface area (TPSA) is 0 Å². The number of hydrogen-bond acceptors (Lipinski definition) is 0. The molecule has 0 N–H and O–H groups in total. The van der Waals surface area contributed by atoms with Gasteiger partial charge in [-0.1, -0.05) is 20.3 Å². The van der Waals surface area contributed by atoms with Gasteiger partial charge in [0, 0.05) is 11.8 Å². The molecule has 0 aromatic rings. The molecule has 0 aromatic heterocycles. The average molecular weight is 169 g/mol. The summed E-state index contributed by atoms with van der Waals surface area (Å²) in [4.78, 5) is 0. The second kappa shape index (κ2) is 4.40. The first-order valence-electron chi connectivity index (χ1n) is 3.30. The van der Waals surface area contributed by atoms with E-state index in [1.165, 1.54) is 0 Å². The van der Waals surface area contributed by atoms with Gasteiger partial charge in [0.1, 0.15) is 0 Å². The fourth-order valence-electron chi connectivity index (χ4n) is 0.773. The lowest BCUT2D eigenvalue weighted by atomic mass is 9.90. The molecule has 2 heteroatoms. The molecule has 0 spiro atoms. The quantitative estimate of drug-likeness (QED) is 0.566. The van der Waals surface area contributed by atoms with Gasteiger partial charge >= 0.3 is 0 Å². The summed E-state index contributed by atoms with van der Waals surface area (Å²) in [6.45, 7) is 4.27. The van der Waals surface area contributed by atoms with Crippen LogP contribution in [0.25, 0.3) is 0 Å². The van der Waals surface area contributed by atoms with Crippen molar-refractivity contribution in [2.24, 2.45) is 5.41 Å². The highest BCUT2D eigenvalue weighted by Crippen LogP contribution is 2.25. The van der Waals surface area contributed by atoms with Gasteiger partial charge in [0.2, 0.25) is 0 Å². The minimum absolute atomic E-state index is 0.165. The Labute approximate surface area is 67.5 Å². The number of rotatable bonds is 4. The van der Waals surface area contributed by atoms with Crippen LogP contribution in [0, 0.1) is 5.41 Å². The third kappa shape index (κ3) is 3.32. The maximum atomic E-state index is 5.70. The normalized spacial score (nSPS) is 12.0. The van der Waals surface area contributed by atoms with Crippen molar-refractivity contribution in [2.45, 2.75) is 26.7 Å². The number of halogens is 2. The van der Waals surface area contributed by atoms with Crippen molar-refractivity contribution in [1.29, 1.82) is 0 Å². The van der Waals surface area contributed by atoms with Crippen LogP contribution in [0.3, 0.4) is 0 Å². The summed E-state index contributed by atoms with van der Waals surface area (Å²) in [6.07, 6.45) is 2.29. The Balaban J connectivity index is 3.62. The van der Waals surface area contributed by atoms with E-state index in [4.69, 9.17) is 23.2 Å². The van der Waals surface area contributed by atoms with E-state index in [1.807, 2.05) is 0 Å². The molecule has 0 aromatic carbocycles. The van der Waals surface area contributed by atoms with E-state index in [-0.39, 0.29) is 5.41 Å². The molecule has 0 amide bonds. The zero-order chi connectivity index (χ0) is 7.33. The molecule has 0 aliphatic rings. The molecular formula is C7H14Cl2. The molecular weight excluding hydrogens is 155 g/mol. The van der Waals surface area contributed by atoms with Gasteiger partial charge in [0.25, 0.3) is 0 Å². The first-order valence-corrected chi connectivity index (χ1v) is 4.37. The van der Waals surface area contributed by atoms with Crippen LogP contribution >= 0.6 is 23.2 Å². The van der Waals surface area contributed by atoms with Gasteiger partial charge in [-0.05, 0) is 11.8 Å². The van der Waals surface area contributed by atoms with Crippen molar-refractivity contribution in [2.75, 3.05) is 11.8 Å². The highest BCUT2D eigenvalue weighted by Gasteiger charge is 2.19. The predicted octanol–water partition coefficient (Wildman–Crippen LogP) is 3.27. The highest BCUT2D eigenvalue weighted by atomic mass is 35.5. The van der Waals surface area contributed by atoms with Crippen molar-refractivity contribution >= 4 is 23.2 Å². The van der Waals surface area contributed by atoms with Crippen LogP contribution < -0.4 is 0 Å². The highest BCUT2D eigenvalue weighted by molar-refractivity contribution is 6.21. The van der Waals surface area contributed by atoms with Gasteiger partial charge in [-0.25, -0.2) is 0 Å². The molecule has 0 saturated carbocycles. The Bertz CT molecular complexity index is 67.3. The van der Waals surface area contributed by atoms with Crippen LogP contribution in [0.2, 0.25) is 0 Å². The van der Waals surface area contributed by atoms with Crippen molar-refractivity contribution in [3.05, 3.63) is 0 Å². The average Bonchev–Trinajstić information content (AvgIpc) is 1.89. The molecule has 0 nitrogen and oxygen atoms in total. The molecule has 0 atom stereocenters. The molecule has 0 aliphatic heterocycles. The second-order valence-electron chi connectivity index (χ2n) is 2.83. The van der Waals surface area contributed by atoms with Crippen LogP contribution in [-0.4, -0.2) is 11.8 Å². The summed E-state index contributed by atoms with van der Waals surface area (Å²) >= 11 is 11.4. The van der Waals surface area contributed by atoms with E-state index in [9.17, 15) is 0 Å². The first-order chi connectivity index (χ1) is 4.18. The Hall–Kier alpha value is 0.580. The Morgan fingerprint density at radius 2 is 1.67 bits per heavy atom. The fraction of sp³-hybridized carbons (Fsp3) is 1.00. The Kier molecular flexibility index (Phi) is 4.69. The zero-order valence-electron chi connectivity index (χ0n) is 6.08. The molecule has 56 valence electrons. The lowest BCUT2D eigenvalue weighted by Gasteiger charge is -2.22. The molecule has 9 heavy (non-hydrogen) atoms. The SMILES string of the molecule is CCCC(C)(CCl)CCl. The molecule has 0 unspecified atom stereocenters. The van der Waals surface area contributed by atoms with Gasteiger partial charge in [-0.15, -0.1) is 23.2 Å². The molecule has 0 fully saturated rings. The van der Waals surface area contributed by atoms with E-state index < -0.39 is 0 Å². The standard InChI is InChI=1S/C7H14Cl2/c1-3-4-7(2,5-8)6-9/h3-6H2,1-2H3. The lowest BCUT2D eigenvalue weighted by Crippen LogP contribution is -2.19. The van der Waals surface area contributed by atoms with Gasteiger partial charge in [0.15, 0.2) is 0 Å². The van der Waals surface area contributed by atoms with Crippen LogP contribution in [0.4, 0.5) is 0 Å². The summed E-state index contributed by atoms with van der Waals surface area (Å²) in [7, 11) is 0. The van der Waals surface area contributed by atoms with Gasteiger partial charge in [-0.2, -0.15) is 0 Å². The molecule has 0 aliphatic carbocycles. The Morgan fingerprint density at radius 1 is 1.22 bits per heavy atom. The largest absolute Gasteiger partial charge is 0.126 e. The van der Waals surface area contributed by atoms with E-state index in [0.717, 1.165) is 12.8 Å². The van der Waals surface area contributed by atoms with Crippen LogP contribution in [0.5, 0.6) is 0 Å². The van der Waals surface area contributed by atoms with Crippen LogP contribution in [-0.2, 0) is 0 Å². The molecule has 0 rings (SSSR count). The predicted molar refractivity (Wildman–Crippen MR) is 44.5 cm³/mol. The molecule has 0 heterocycles. The van der Waals surface area contributed by atoms with Gasteiger partial charge in [0.05, 0.1) is 0 Å². The lowest BCUT2D eigenvalue weighted by molar-refractivity contribution is 0.386. The minimum Gasteiger partial charge on any atom is -0.126 e. The van der Waals surface area contributed by atoms with E-state index in [0.29, 0.717) is 11.8 Å². The van der Waals surface area contributed by atoms with Crippen molar-refractivity contribution in [3.63, 3.8) is 0 Å². The maximum Gasteiger partial charge on any atom is 0.0288 e. The van der Waals surface area contributed by atoms with Crippen molar-refractivity contribution in [1.82, 2.24) is 0 Å². The van der Waals surface area contributed by atoms with Gasteiger partial charge in [-0.3, -0.25) is 0 Å². The molecule has 0 radical (unpaired) electrons. The van der Waals surface area contributed by atoms with Gasteiger partial charge < -0.3 is 0 Å². The second-order valence-corrected chi connectivity index (χ2v) is 3.36. The van der Waals surface area contributed by atoms with E-state index in [1.54, 1.807) is 0 Å². The third-order valence-electron chi connectivity index (χ3n) is 1.50. The summed E-state index contributed by atoms with van der Waals surface area (Å²) in [5, 5.41) is 0. The number of alkyl halides is 2. The van der Waals surface area contributed by atoms with Crippen LogP contribution in [0.1, 0.15) is 26.7 Å². The number of hydrogen-bond donors (Lipinski definition) is 0. The smallest absolute Gasteiger partial charge is 0.0288 e. The molecule has 0 bridgehead atoms. The molecule has 0 saturated heterocycles. The van der Waals surface area contributed by atoms with E-state index >= 15 is 0 Å². The van der Waals surface area contributed by atoms with E-state index in [2.05, 4.69) is 13.8 Å². The first kappa shape index (κ1) is 9.58. The zero-order valence-corrected chi connectivity index (χ0v) is 7.60. The summed E-state index contributed by atoms with van der Waals surface area (Å²) in [5.41, 5.74) is 0.165. The van der Waals surface area contributed by atoms with Crippen molar-refractivity contribution in [3.8, 4) is 0 Å². The summed E-state index contributed by atoms with van der Waals surface area (Å²) < 4.78 is 0. The monoisotopic (exact) mass is 168 g/mol. The van der Waals surface area contributed by atoms with Crippen molar-refractivity contribution < 1.29 is 0 Å². The summed E-state index contributed by atoms with van der Waals surface area (Å²) in [6, 6.07) is 0. The fourth-order valence-corrected chi connectivity index (χ4v) is 1.33. The summed E-state index contributed by atoms with van der Waals surface area (Å²) in [5.74, 6) is 1.34. The third-order valence-corrected chi connectivity index (χ3v) is 2.79. The minimum atomic E-state index is 0.165. The van der Waals surface area contributed by atoms with Crippen LogP contribution in [0.15, 0.2) is 0 Å².